The lowest BCUT2D eigenvalue weighted by Crippen LogP contribution is -2.47. The molecule has 2 heterocycles. The van der Waals surface area contributed by atoms with Crippen molar-refractivity contribution >= 4 is 17.6 Å². The number of aliphatic imine (C=N–C) groups is 1. The van der Waals surface area contributed by atoms with Crippen LogP contribution in [0.4, 0.5) is 0 Å². The second-order valence-corrected chi connectivity index (χ2v) is 10.2. The van der Waals surface area contributed by atoms with Crippen molar-refractivity contribution in [2.75, 3.05) is 55.0 Å². The number of amidine groups is 1. The molecule has 41 heavy (non-hydrogen) atoms. The molecule has 218 valence electrons. The monoisotopic (exact) mass is 560 g/mol. The molecule has 10 nitrogen and oxygen atoms in total. The van der Waals surface area contributed by atoms with Crippen LogP contribution in [0.25, 0.3) is 0 Å². The molecule has 2 unspecified atom stereocenters. The molecule has 0 bridgehead atoms. The number of likely N-dealkylation sites (tertiary alicyclic amines) is 1. The van der Waals surface area contributed by atoms with Gasteiger partial charge in [0.05, 0.1) is 31.4 Å². The summed E-state index contributed by atoms with van der Waals surface area (Å²) < 4.78 is 10.7. The van der Waals surface area contributed by atoms with E-state index in [0.29, 0.717) is 65.8 Å². The smallest absolute Gasteiger partial charge is 0.246 e. The first kappa shape index (κ1) is 31.0. The van der Waals surface area contributed by atoms with E-state index in [0.717, 1.165) is 0 Å². The van der Waals surface area contributed by atoms with Crippen LogP contribution in [0.1, 0.15) is 18.9 Å². The molecule has 0 saturated carbocycles. The van der Waals surface area contributed by atoms with Crippen molar-refractivity contribution < 1.29 is 19.1 Å². The minimum Gasteiger partial charge on any atom is -0.497 e. The number of benzene rings is 1. The van der Waals surface area contributed by atoms with Gasteiger partial charge in [0.15, 0.2) is 0 Å². The number of ether oxygens (including phenoxy) is 2. The molecule has 0 aliphatic carbocycles. The van der Waals surface area contributed by atoms with Crippen molar-refractivity contribution in [3.63, 3.8) is 0 Å². The third-order valence-corrected chi connectivity index (χ3v) is 6.98. The van der Waals surface area contributed by atoms with Crippen molar-refractivity contribution in [2.24, 2.45) is 10.7 Å². The van der Waals surface area contributed by atoms with Crippen LogP contribution in [-0.4, -0.2) is 104 Å². The molecule has 0 spiro atoms. The summed E-state index contributed by atoms with van der Waals surface area (Å²) in [6, 6.07) is 4.52. The predicted octanol–water partition coefficient (Wildman–Crippen LogP) is 2.21. The first-order chi connectivity index (χ1) is 19.5. The number of allylic oxidation sites excluding steroid dienone is 1. The van der Waals surface area contributed by atoms with E-state index in [1.54, 1.807) is 44.1 Å². The average Bonchev–Trinajstić information content (AvgIpc) is 3.56. The highest BCUT2D eigenvalue weighted by atomic mass is 16.5. The van der Waals surface area contributed by atoms with Crippen molar-refractivity contribution in [3.8, 4) is 23.3 Å². The van der Waals surface area contributed by atoms with E-state index >= 15 is 0 Å². The normalized spacial score (nSPS) is 20.4. The summed E-state index contributed by atoms with van der Waals surface area (Å²) in [6.45, 7) is 10.8. The summed E-state index contributed by atoms with van der Waals surface area (Å²) >= 11 is 0. The number of carbonyl (C=O) groups excluding carboxylic acids is 2. The Hall–Kier alpha value is -4.49. The molecular weight excluding hydrogens is 520 g/mol. The Bertz CT molecular complexity index is 1320. The fourth-order valence-corrected chi connectivity index (χ4v) is 4.84. The average molecular weight is 561 g/mol. The third-order valence-electron chi connectivity index (χ3n) is 6.98. The van der Waals surface area contributed by atoms with Crippen molar-refractivity contribution in [1.29, 1.82) is 0 Å². The zero-order valence-corrected chi connectivity index (χ0v) is 24.8. The molecule has 0 aromatic heterocycles. The van der Waals surface area contributed by atoms with Crippen molar-refractivity contribution in [1.82, 2.24) is 19.6 Å². The van der Waals surface area contributed by atoms with Gasteiger partial charge in [0.1, 0.15) is 23.4 Å². The molecule has 2 amide bonds. The highest BCUT2D eigenvalue weighted by Crippen LogP contribution is 2.33. The van der Waals surface area contributed by atoms with E-state index in [-0.39, 0.29) is 17.9 Å². The largest absolute Gasteiger partial charge is 0.497 e. The third kappa shape index (κ3) is 7.18. The van der Waals surface area contributed by atoms with Gasteiger partial charge in [-0.1, -0.05) is 25.0 Å². The van der Waals surface area contributed by atoms with Crippen molar-refractivity contribution in [3.05, 3.63) is 72.2 Å². The van der Waals surface area contributed by atoms with E-state index in [2.05, 4.69) is 30.0 Å². The highest BCUT2D eigenvalue weighted by molar-refractivity contribution is 6.08. The standard InChI is InChI=1S/C31H40N6O4/c1-9-28(38)37-20-24(17-27(37)31(39)35(6)14-13-34(4)5)36-19-23(29(21(3)32)30(36)33-10-2)12-11-22-15-25(40-7)18-26(16-22)41-8/h9-10,15-16,18-19,24,27H,1-2,13-14,17,20,32H2,3-8H3/b29-21+,33-30+. The lowest BCUT2D eigenvalue weighted by Gasteiger charge is -2.27. The summed E-state index contributed by atoms with van der Waals surface area (Å²) in [7, 11) is 8.83. The maximum absolute atomic E-state index is 13.5. The molecule has 1 aromatic rings. The summed E-state index contributed by atoms with van der Waals surface area (Å²) in [5.41, 5.74) is 8.91. The Morgan fingerprint density at radius 1 is 1.12 bits per heavy atom. The van der Waals surface area contributed by atoms with Gasteiger partial charge in [0.2, 0.25) is 11.8 Å². The number of carbonyl (C=O) groups is 2. The molecule has 2 N–H and O–H groups in total. The Labute approximate surface area is 243 Å². The molecule has 3 rings (SSSR count). The molecule has 1 saturated heterocycles. The second kappa shape index (κ2) is 13.7. The predicted molar refractivity (Wildman–Crippen MR) is 161 cm³/mol. The van der Waals surface area contributed by atoms with Crippen LogP contribution in [0.3, 0.4) is 0 Å². The topological polar surface area (TPSA) is 104 Å². The molecule has 10 heteroatoms. The van der Waals surface area contributed by atoms with Gasteiger partial charge in [-0.2, -0.15) is 0 Å². The molecule has 2 atom stereocenters. The summed E-state index contributed by atoms with van der Waals surface area (Å²) in [5, 5.41) is 0. The molecule has 1 fully saturated rings. The van der Waals surface area contributed by atoms with Crippen LogP contribution in [0.2, 0.25) is 0 Å². The van der Waals surface area contributed by atoms with Crippen LogP contribution in [0, 0.1) is 11.8 Å². The summed E-state index contributed by atoms with van der Waals surface area (Å²) in [6.07, 6.45) is 4.97. The van der Waals surface area contributed by atoms with Gasteiger partial charge in [-0.05, 0) is 45.6 Å². The molecule has 2 aliphatic heterocycles. The van der Waals surface area contributed by atoms with Gasteiger partial charge in [-0.25, -0.2) is 4.99 Å². The quantitative estimate of drug-likeness (QED) is 0.365. The van der Waals surface area contributed by atoms with E-state index in [1.807, 2.05) is 42.2 Å². The fourth-order valence-electron chi connectivity index (χ4n) is 4.84. The number of nitrogens with two attached hydrogens (primary N) is 1. The van der Waals surface area contributed by atoms with Crippen LogP contribution in [-0.2, 0) is 9.59 Å². The van der Waals surface area contributed by atoms with Crippen molar-refractivity contribution in [2.45, 2.75) is 25.4 Å². The van der Waals surface area contributed by atoms with Gasteiger partial charge in [0, 0.05) is 56.4 Å². The first-order valence-corrected chi connectivity index (χ1v) is 13.3. The zero-order chi connectivity index (χ0) is 30.3. The lowest BCUT2D eigenvalue weighted by molar-refractivity contribution is -0.140. The molecular formula is C31H40N6O4. The molecule has 2 aliphatic rings. The maximum Gasteiger partial charge on any atom is 0.246 e. The maximum atomic E-state index is 13.5. The van der Waals surface area contributed by atoms with E-state index < -0.39 is 6.04 Å². The number of amides is 2. The van der Waals surface area contributed by atoms with Gasteiger partial charge in [-0.15, -0.1) is 0 Å². The lowest BCUT2D eigenvalue weighted by atomic mass is 10.1. The number of rotatable bonds is 9. The van der Waals surface area contributed by atoms with Crippen LogP contribution in [0.5, 0.6) is 11.5 Å². The highest BCUT2D eigenvalue weighted by Gasteiger charge is 2.44. The number of hydrogen-bond donors (Lipinski definition) is 1. The van der Waals surface area contributed by atoms with E-state index in [1.165, 1.54) is 12.3 Å². The van der Waals surface area contributed by atoms with E-state index in [9.17, 15) is 9.59 Å². The Morgan fingerprint density at radius 3 is 2.32 bits per heavy atom. The Balaban J connectivity index is 2.00. The molecule has 1 aromatic carbocycles. The van der Waals surface area contributed by atoms with Gasteiger partial charge in [-0.3, -0.25) is 9.59 Å². The summed E-state index contributed by atoms with van der Waals surface area (Å²) in [4.78, 5) is 38.1. The number of nitrogens with zero attached hydrogens (tertiary/aromatic N) is 5. The Morgan fingerprint density at radius 2 is 1.78 bits per heavy atom. The first-order valence-electron chi connectivity index (χ1n) is 13.3. The summed E-state index contributed by atoms with van der Waals surface area (Å²) in [5.74, 6) is 7.81. The van der Waals surface area contributed by atoms with Crippen LogP contribution >= 0.6 is 0 Å². The number of methoxy groups -OCH3 is 2. The van der Waals surface area contributed by atoms with E-state index in [4.69, 9.17) is 15.2 Å². The number of likely N-dealkylation sites (N-methyl/N-ethyl adjacent to an activating group) is 2. The SMILES string of the molecule is C=C/N=C1\C(=C(/C)N)C(C#Cc2cc(OC)cc(OC)c2)=CN1C1CC(C(=O)N(C)CCN(C)C)N(C(=O)C=C)C1. The fraction of sp³-hybridized carbons (Fsp3) is 0.387. The zero-order valence-electron chi connectivity index (χ0n) is 24.8. The van der Waals surface area contributed by atoms with Gasteiger partial charge >= 0.3 is 0 Å². The second-order valence-electron chi connectivity index (χ2n) is 10.2. The van der Waals surface area contributed by atoms with Gasteiger partial charge in [0.25, 0.3) is 0 Å². The molecule has 0 radical (unpaired) electrons. The minimum atomic E-state index is -0.637. The Kier molecular flexibility index (Phi) is 10.4. The minimum absolute atomic E-state index is 0.118. The van der Waals surface area contributed by atoms with Crippen LogP contribution in [0.15, 0.2) is 71.7 Å². The van der Waals surface area contributed by atoms with Gasteiger partial charge < -0.3 is 34.8 Å². The number of hydrogen-bond acceptors (Lipinski definition) is 7. The van der Waals surface area contributed by atoms with Crippen LogP contribution < -0.4 is 15.2 Å².